The third-order valence-corrected chi connectivity index (χ3v) is 6.05. The second-order valence-electron chi connectivity index (χ2n) is 5.30. The lowest BCUT2D eigenvalue weighted by atomic mass is 10.1. The zero-order valence-electron chi connectivity index (χ0n) is 13.3. The zero-order chi connectivity index (χ0) is 17.9. The van der Waals surface area contributed by atoms with Gasteiger partial charge in [0.15, 0.2) is 0 Å². The van der Waals surface area contributed by atoms with Gasteiger partial charge >= 0.3 is 0 Å². The molecule has 0 aliphatic carbocycles. The van der Waals surface area contributed by atoms with E-state index in [4.69, 9.17) is 4.74 Å². The first kappa shape index (κ1) is 17.6. The maximum absolute atomic E-state index is 13.2. The summed E-state index contributed by atoms with van der Waals surface area (Å²) in [7, 11) is -2.24. The molecule has 1 atom stereocenters. The lowest BCUT2D eigenvalue weighted by Gasteiger charge is -2.18. The molecule has 130 valence electrons. The molecule has 7 heteroatoms. The van der Waals surface area contributed by atoms with Crippen LogP contribution < -0.4 is 9.46 Å². The summed E-state index contributed by atoms with van der Waals surface area (Å²) in [5, 5.41) is 1.87. The topological polar surface area (TPSA) is 55.4 Å². The minimum Gasteiger partial charge on any atom is -0.497 e. The number of rotatable bonds is 6. The van der Waals surface area contributed by atoms with Crippen molar-refractivity contribution in [1.82, 2.24) is 4.72 Å². The number of halogens is 1. The summed E-state index contributed by atoms with van der Waals surface area (Å²) in [6.45, 7) is 0. The number of methoxy groups -OCH3 is 1. The van der Waals surface area contributed by atoms with Gasteiger partial charge in [-0.05, 0) is 53.4 Å². The van der Waals surface area contributed by atoms with E-state index in [9.17, 15) is 12.8 Å². The molecule has 1 N–H and O–H groups in total. The van der Waals surface area contributed by atoms with Crippen LogP contribution in [0.2, 0.25) is 0 Å². The van der Waals surface area contributed by atoms with Gasteiger partial charge in [0, 0.05) is 4.88 Å². The second kappa shape index (κ2) is 7.35. The lowest BCUT2D eigenvalue weighted by Crippen LogP contribution is -2.29. The van der Waals surface area contributed by atoms with Gasteiger partial charge in [0.25, 0.3) is 0 Å². The van der Waals surface area contributed by atoms with Crippen LogP contribution in [0, 0.1) is 5.82 Å². The third-order valence-electron chi connectivity index (χ3n) is 3.67. The highest BCUT2D eigenvalue weighted by Gasteiger charge is 2.23. The molecule has 0 radical (unpaired) electrons. The number of hydrogen-bond donors (Lipinski definition) is 1. The smallest absolute Gasteiger partial charge is 0.241 e. The molecule has 25 heavy (non-hydrogen) atoms. The first-order chi connectivity index (χ1) is 12.0. The molecule has 4 nitrogen and oxygen atoms in total. The van der Waals surface area contributed by atoms with E-state index in [2.05, 4.69) is 4.72 Å². The molecule has 0 unspecified atom stereocenters. The van der Waals surface area contributed by atoms with Crippen molar-refractivity contribution in [3.63, 3.8) is 0 Å². The Kier molecular flexibility index (Phi) is 5.17. The largest absolute Gasteiger partial charge is 0.497 e. The Morgan fingerprint density at radius 3 is 2.28 bits per heavy atom. The minimum absolute atomic E-state index is 0.136. The van der Waals surface area contributed by atoms with Gasteiger partial charge in [-0.15, -0.1) is 11.3 Å². The van der Waals surface area contributed by atoms with E-state index < -0.39 is 16.1 Å². The van der Waals surface area contributed by atoms with E-state index in [1.807, 2.05) is 17.5 Å². The van der Waals surface area contributed by atoms with E-state index in [-0.39, 0.29) is 10.7 Å². The molecule has 0 saturated heterocycles. The van der Waals surface area contributed by atoms with Gasteiger partial charge in [-0.3, -0.25) is 0 Å². The van der Waals surface area contributed by atoms with Crippen LogP contribution in [0.25, 0.3) is 0 Å². The average molecular weight is 377 g/mol. The number of nitrogens with one attached hydrogen (secondary N) is 1. The Morgan fingerprint density at radius 2 is 1.72 bits per heavy atom. The average Bonchev–Trinajstić information content (AvgIpc) is 3.15. The van der Waals surface area contributed by atoms with E-state index in [1.54, 1.807) is 24.3 Å². The summed E-state index contributed by atoms with van der Waals surface area (Å²) in [6.07, 6.45) is 0. The third kappa shape index (κ3) is 4.07. The van der Waals surface area contributed by atoms with Crippen molar-refractivity contribution in [3.8, 4) is 5.75 Å². The van der Waals surface area contributed by atoms with Crippen LogP contribution in [0.3, 0.4) is 0 Å². The highest BCUT2D eigenvalue weighted by atomic mass is 32.2. The molecule has 3 rings (SSSR count). The summed E-state index contributed by atoms with van der Waals surface area (Å²) < 4.78 is 46.5. The highest BCUT2D eigenvalue weighted by Crippen LogP contribution is 2.28. The maximum Gasteiger partial charge on any atom is 0.241 e. The van der Waals surface area contributed by atoms with Crippen molar-refractivity contribution < 1.29 is 17.5 Å². The van der Waals surface area contributed by atoms with Crippen molar-refractivity contribution in [3.05, 3.63) is 82.3 Å². The molecular weight excluding hydrogens is 361 g/mol. The van der Waals surface area contributed by atoms with Crippen LogP contribution in [0.4, 0.5) is 4.39 Å². The summed E-state index contributed by atoms with van der Waals surface area (Å²) in [6, 6.07) is 15.0. The van der Waals surface area contributed by atoms with Gasteiger partial charge in [0.1, 0.15) is 11.6 Å². The van der Waals surface area contributed by atoms with Crippen molar-refractivity contribution in [2.24, 2.45) is 0 Å². The summed E-state index contributed by atoms with van der Waals surface area (Å²) in [4.78, 5) is 0.959. The Bertz CT molecular complexity index is 921. The normalized spacial score (nSPS) is 12.7. The van der Waals surface area contributed by atoms with E-state index in [0.717, 1.165) is 4.88 Å². The van der Waals surface area contributed by atoms with Crippen molar-refractivity contribution >= 4 is 21.4 Å². The molecule has 0 bridgehead atoms. The van der Waals surface area contributed by atoms with Gasteiger partial charge in [0.05, 0.1) is 18.0 Å². The van der Waals surface area contributed by atoms with Crippen molar-refractivity contribution in [1.29, 1.82) is 0 Å². The second-order valence-corrected chi connectivity index (χ2v) is 7.99. The predicted molar refractivity (Wildman–Crippen MR) is 95.9 cm³/mol. The Labute approximate surface area is 150 Å². The summed E-state index contributed by atoms with van der Waals surface area (Å²) in [5.74, 6) is 0.207. The SMILES string of the molecule is COc1ccc(S(=O)(=O)N[C@@H](c2ccc(F)cc2)c2cccs2)cc1. The first-order valence-electron chi connectivity index (χ1n) is 7.45. The summed E-state index contributed by atoms with van der Waals surface area (Å²) in [5.41, 5.74) is 0.668. The molecule has 1 aromatic heterocycles. The molecule has 0 aliphatic rings. The maximum atomic E-state index is 13.2. The zero-order valence-corrected chi connectivity index (χ0v) is 15.0. The molecule has 2 aromatic carbocycles. The van der Waals surface area contributed by atoms with Crippen LogP contribution in [0.15, 0.2) is 70.9 Å². The van der Waals surface area contributed by atoms with Crippen LogP contribution in [-0.2, 0) is 10.0 Å². The first-order valence-corrected chi connectivity index (χ1v) is 9.81. The fourth-order valence-electron chi connectivity index (χ4n) is 2.38. The van der Waals surface area contributed by atoms with Crippen LogP contribution in [0.5, 0.6) is 5.75 Å². The van der Waals surface area contributed by atoms with Gasteiger partial charge in [-0.1, -0.05) is 18.2 Å². The van der Waals surface area contributed by atoms with Gasteiger partial charge in [0.2, 0.25) is 10.0 Å². The van der Waals surface area contributed by atoms with E-state index in [1.165, 1.54) is 42.7 Å². The predicted octanol–water partition coefficient (Wildman–Crippen LogP) is 3.96. The molecule has 0 amide bonds. The fourth-order valence-corrected chi connectivity index (χ4v) is 4.46. The van der Waals surface area contributed by atoms with Crippen LogP contribution >= 0.6 is 11.3 Å². The molecule has 3 aromatic rings. The van der Waals surface area contributed by atoms with Gasteiger partial charge < -0.3 is 4.74 Å². The number of benzene rings is 2. The standard InChI is InChI=1S/C18H16FNO3S2/c1-23-15-8-10-16(11-9-15)25(21,22)20-18(17-3-2-12-24-17)13-4-6-14(19)7-5-13/h2-12,18,20H,1H3/t18-/m0/s1. The summed E-state index contributed by atoms with van der Waals surface area (Å²) >= 11 is 1.43. The minimum atomic E-state index is -3.76. The number of ether oxygens (including phenoxy) is 1. The van der Waals surface area contributed by atoms with Gasteiger partial charge in [-0.2, -0.15) is 4.72 Å². The molecule has 1 heterocycles. The van der Waals surface area contributed by atoms with Crippen molar-refractivity contribution in [2.45, 2.75) is 10.9 Å². The van der Waals surface area contributed by atoms with E-state index >= 15 is 0 Å². The Balaban J connectivity index is 1.95. The van der Waals surface area contributed by atoms with E-state index in [0.29, 0.717) is 11.3 Å². The monoisotopic (exact) mass is 377 g/mol. The van der Waals surface area contributed by atoms with Crippen LogP contribution in [0.1, 0.15) is 16.5 Å². The number of thiophene rings is 1. The van der Waals surface area contributed by atoms with Crippen molar-refractivity contribution in [2.75, 3.05) is 7.11 Å². The fraction of sp³-hybridized carbons (Fsp3) is 0.111. The quantitative estimate of drug-likeness (QED) is 0.707. The van der Waals surface area contributed by atoms with Crippen LogP contribution in [-0.4, -0.2) is 15.5 Å². The van der Waals surface area contributed by atoms with Gasteiger partial charge in [-0.25, -0.2) is 12.8 Å². The molecule has 0 fully saturated rings. The lowest BCUT2D eigenvalue weighted by molar-refractivity contribution is 0.414. The molecule has 0 spiro atoms. The Morgan fingerprint density at radius 1 is 1.04 bits per heavy atom. The highest BCUT2D eigenvalue weighted by molar-refractivity contribution is 7.89. The molecular formula is C18H16FNO3S2. The molecule has 0 aliphatic heterocycles. The number of sulfonamides is 1. The Hall–Kier alpha value is -2.22. The molecule has 0 saturated carbocycles. The number of hydrogen-bond acceptors (Lipinski definition) is 4.